The van der Waals surface area contributed by atoms with Crippen molar-refractivity contribution in [3.8, 4) is 0 Å². The van der Waals surface area contributed by atoms with Gasteiger partial charge in [0.15, 0.2) is 0 Å². The minimum Gasteiger partial charge on any atom is -0.389 e. The zero-order chi connectivity index (χ0) is 13.3. The van der Waals surface area contributed by atoms with Crippen molar-refractivity contribution < 1.29 is 0 Å². The molecule has 0 saturated carbocycles. The van der Waals surface area contributed by atoms with E-state index in [0.29, 0.717) is 11.0 Å². The Morgan fingerprint density at radius 2 is 2.17 bits per heavy atom. The quantitative estimate of drug-likeness (QED) is 0.679. The van der Waals surface area contributed by atoms with E-state index in [2.05, 4.69) is 43.2 Å². The molecule has 1 aromatic carbocycles. The van der Waals surface area contributed by atoms with Crippen molar-refractivity contribution in [3.63, 3.8) is 0 Å². The van der Waals surface area contributed by atoms with E-state index < -0.39 is 0 Å². The maximum absolute atomic E-state index is 5.93. The topological polar surface area (TPSA) is 29.3 Å². The van der Waals surface area contributed by atoms with E-state index in [-0.39, 0.29) is 0 Å². The molecule has 0 radical (unpaired) electrons. The highest BCUT2D eigenvalue weighted by Crippen LogP contribution is 2.35. The highest BCUT2D eigenvalue weighted by molar-refractivity contribution is 7.98. The van der Waals surface area contributed by atoms with Gasteiger partial charge in [-0.2, -0.15) is 0 Å². The molecule has 1 aliphatic rings. The van der Waals surface area contributed by atoms with Gasteiger partial charge >= 0.3 is 0 Å². The standard InChI is InChI=1S/C14H20N2S2/c1-9-7-10(2)16(8-9)11-5-4-6-12(18-3)13(11)14(15)17/h4-6,9-10H,7-8H2,1-3H3,(H2,15,17). The second-order valence-electron chi connectivity index (χ2n) is 5.06. The fourth-order valence-corrected chi connectivity index (χ4v) is 3.72. The summed E-state index contributed by atoms with van der Waals surface area (Å²) in [7, 11) is 0. The molecule has 0 aromatic heterocycles. The Kier molecular flexibility index (Phi) is 4.17. The molecular weight excluding hydrogens is 260 g/mol. The first-order valence-corrected chi connectivity index (χ1v) is 7.91. The summed E-state index contributed by atoms with van der Waals surface area (Å²) in [6, 6.07) is 6.89. The molecule has 2 N–H and O–H groups in total. The van der Waals surface area contributed by atoms with Gasteiger partial charge in [0.05, 0.1) is 0 Å². The summed E-state index contributed by atoms with van der Waals surface area (Å²) in [5.41, 5.74) is 8.17. The number of benzene rings is 1. The monoisotopic (exact) mass is 280 g/mol. The van der Waals surface area contributed by atoms with Crippen LogP contribution in [0.2, 0.25) is 0 Å². The highest BCUT2D eigenvalue weighted by atomic mass is 32.2. The van der Waals surface area contributed by atoms with Crippen LogP contribution in [0.4, 0.5) is 5.69 Å². The van der Waals surface area contributed by atoms with Gasteiger partial charge in [-0.1, -0.05) is 25.2 Å². The number of thioether (sulfide) groups is 1. The molecule has 1 aromatic rings. The zero-order valence-corrected chi connectivity index (χ0v) is 12.8. The van der Waals surface area contributed by atoms with E-state index in [0.717, 1.165) is 18.0 Å². The van der Waals surface area contributed by atoms with Crippen LogP contribution in [0, 0.1) is 5.92 Å². The summed E-state index contributed by atoms with van der Waals surface area (Å²) >= 11 is 6.95. The number of thiocarbonyl (C=S) groups is 1. The molecule has 2 unspecified atom stereocenters. The van der Waals surface area contributed by atoms with Gasteiger partial charge in [-0.05, 0) is 37.7 Å². The number of rotatable bonds is 3. The molecule has 0 aliphatic carbocycles. The van der Waals surface area contributed by atoms with Gasteiger partial charge in [-0.3, -0.25) is 0 Å². The lowest BCUT2D eigenvalue weighted by Gasteiger charge is -2.27. The van der Waals surface area contributed by atoms with Crippen molar-refractivity contribution in [2.45, 2.75) is 31.2 Å². The molecule has 2 rings (SSSR count). The minimum atomic E-state index is 0.502. The summed E-state index contributed by atoms with van der Waals surface area (Å²) in [6.45, 7) is 5.67. The van der Waals surface area contributed by atoms with E-state index >= 15 is 0 Å². The van der Waals surface area contributed by atoms with E-state index in [1.807, 2.05) is 0 Å². The Morgan fingerprint density at radius 1 is 1.44 bits per heavy atom. The summed E-state index contributed by atoms with van der Waals surface area (Å²) in [5.74, 6) is 0.733. The Morgan fingerprint density at radius 3 is 2.67 bits per heavy atom. The zero-order valence-electron chi connectivity index (χ0n) is 11.1. The van der Waals surface area contributed by atoms with Crippen LogP contribution in [-0.4, -0.2) is 23.8 Å². The van der Waals surface area contributed by atoms with Crippen LogP contribution in [0.25, 0.3) is 0 Å². The smallest absolute Gasteiger partial charge is 0.107 e. The van der Waals surface area contributed by atoms with E-state index in [4.69, 9.17) is 18.0 Å². The number of hydrogen-bond donors (Lipinski definition) is 1. The summed E-state index contributed by atoms with van der Waals surface area (Å²) in [5, 5.41) is 0. The molecule has 98 valence electrons. The first-order valence-electron chi connectivity index (χ1n) is 6.28. The maximum Gasteiger partial charge on any atom is 0.107 e. The Balaban J connectivity index is 2.47. The second kappa shape index (κ2) is 5.49. The largest absolute Gasteiger partial charge is 0.389 e. The molecule has 1 heterocycles. The number of nitrogens with two attached hydrogens (primary N) is 1. The van der Waals surface area contributed by atoms with E-state index in [1.54, 1.807) is 11.8 Å². The van der Waals surface area contributed by atoms with Crippen molar-refractivity contribution >= 4 is 34.7 Å². The van der Waals surface area contributed by atoms with E-state index in [9.17, 15) is 0 Å². The van der Waals surface area contributed by atoms with E-state index in [1.165, 1.54) is 17.0 Å². The Hall–Kier alpha value is -0.740. The predicted octanol–water partition coefficient (Wildman–Crippen LogP) is 3.28. The van der Waals surface area contributed by atoms with Crippen molar-refractivity contribution in [1.29, 1.82) is 0 Å². The SMILES string of the molecule is CSc1cccc(N2CC(C)CC2C)c1C(N)=S. The van der Waals surface area contributed by atoms with Crippen LogP contribution >= 0.6 is 24.0 Å². The van der Waals surface area contributed by atoms with Crippen molar-refractivity contribution in [2.24, 2.45) is 11.7 Å². The molecule has 2 atom stereocenters. The van der Waals surface area contributed by atoms with Crippen LogP contribution in [-0.2, 0) is 0 Å². The predicted molar refractivity (Wildman–Crippen MR) is 84.7 cm³/mol. The summed E-state index contributed by atoms with van der Waals surface area (Å²) in [4.78, 5) is 4.12. The third kappa shape index (κ3) is 2.50. The molecule has 4 heteroatoms. The first kappa shape index (κ1) is 13.7. The normalized spacial score (nSPS) is 23.4. The van der Waals surface area contributed by atoms with Gasteiger partial charge in [0.2, 0.25) is 0 Å². The fourth-order valence-electron chi connectivity index (χ4n) is 2.81. The van der Waals surface area contributed by atoms with Gasteiger partial charge < -0.3 is 10.6 Å². The van der Waals surface area contributed by atoms with Gasteiger partial charge in [-0.25, -0.2) is 0 Å². The molecule has 1 saturated heterocycles. The third-order valence-corrected chi connectivity index (χ3v) is 4.55. The third-order valence-electron chi connectivity index (χ3n) is 3.56. The molecule has 18 heavy (non-hydrogen) atoms. The van der Waals surface area contributed by atoms with Gasteiger partial charge in [-0.15, -0.1) is 11.8 Å². The summed E-state index contributed by atoms with van der Waals surface area (Å²) < 4.78 is 0. The Labute approximate surface area is 119 Å². The number of anilines is 1. The van der Waals surface area contributed by atoms with Crippen molar-refractivity contribution in [2.75, 3.05) is 17.7 Å². The lowest BCUT2D eigenvalue weighted by Crippen LogP contribution is -2.29. The average Bonchev–Trinajstić information content (AvgIpc) is 2.67. The molecule has 0 bridgehead atoms. The Bertz CT molecular complexity index is 459. The highest BCUT2D eigenvalue weighted by Gasteiger charge is 2.28. The molecule has 1 fully saturated rings. The molecule has 2 nitrogen and oxygen atoms in total. The number of nitrogens with zero attached hydrogens (tertiary/aromatic N) is 1. The van der Waals surface area contributed by atoms with Gasteiger partial charge in [0, 0.05) is 28.7 Å². The van der Waals surface area contributed by atoms with Crippen LogP contribution in [0.1, 0.15) is 25.8 Å². The fraction of sp³-hybridized carbons (Fsp3) is 0.500. The van der Waals surface area contributed by atoms with Gasteiger partial charge in [0.1, 0.15) is 4.99 Å². The molecular formula is C14H20N2S2. The van der Waals surface area contributed by atoms with Crippen LogP contribution < -0.4 is 10.6 Å². The van der Waals surface area contributed by atoms with Crippen LogP contribution in [0.5, 0.6) is 0 Å². The number of hydrogen-bond acceptors (Lipinski definition) is 3. The first-order chi connectivity index (χ1) is 8.54. The van der Waals surface area contributed by atoms with Gasteiger partial charge in [0.25, 0.3) is 0 Å². The molecule has 0 amide bonds. The van der Waals surface area contributed by atoms with Crippen molar-refractivity contribution in [1.82, 2.24) is 0 Å². The van der Waals surface area contributed by atoms with Crippen LogP contribution in [0.3, 0.4) is 0 Å². The molecule has 1 aliphatic heterocycles. The minimum absolute atomic E-state index is 0.502. The summed E-state index contributed by atoms with van der Waals surface area (Å²) in [6.07, 6.45) is 3.30. The van der Waals surface area contributed by atoms with Crippen LogP contribution in [0.15, 0.2) is 23.1 Å². The molecule has 0 spiro atoms. The lowest BCUT2D eigenvalue weighted by atomic mass is 10.1. The second-order valence-corrected chi connectivity index (χ2v) is 6.35. The lowest BCUT2D eigenvalue weighted by molar-refractivity contribution is 0.625. The average molecular weight is 280 g/mol. The van der Waals surface area contributed by atoms with Crippen molar-refractivity contribution in [3.05, 3.63) is 23.8 Å². The maximum atomic E-state index is 5.93.